The van der Waals surface area contributed by atoms with Crippen LogP contribution in [0.1, 0.15) is 220 Å². The van der Waals surface area contributed by atoms with Crippen molar-refractivity contribution in [3.05, 3.63) is 60.8 Å². The van der Waals surface area contributed by atoms with Gasteiger partial charge in [-0.15, -0.1) is 0 Å². The van der Waals surface area contributed by atoms with Crippen LogP contribution in [-0.4, -0.2) is 37.2 Å². The van der Waals surface area contributed by atoms with E-state index in [0.717, 1.165) is 83.5 Å². The van der Waals surface area contributed by atoms with E-state index in [1.54, 1.807) is 0 Å². The van der Waals surface area contributed by atoms with Crippen LogP contribution in [0, 0.1) is 0 Å². The van der Waals surface area contributed by atoms with E-state index in [2.05, 4.69) is 81.5 Å². The molecule has 0 radical (unpaired) electrons. The summed E-state index contributed by atoms with van der Waals surface area (Å²) in [6.45, 7) is 6.41. The maximum absolute atomic E-state index is 12.7. The molecule has 0 aromatic rings. The summed E-state index contributed by atoms with van der Waals surface area (Å²) in [5.74, 6) is -0.929. The van der Waals surface area contributed by atoms with Gasteiger partial charge in [0.15, 0.2) is 6.10 Å². The normalized spacial score (nSPS) is 12.6. The molecule has 0 rings (SSSR count). The van der Waals surface area contributed by atoms with E-state index in [1.165, 1.54) is 96.3 Å². The van der Waals surface area contributed by atoms with Crippen LogP contribution >= 0.6 is 0 Å². The summed E-state index contributed by atoms with van der Waals surface area (Å²) >= 11 is 0. The van der Waals surface area contributed by atoms with Gasteiger partial charge in [0, 0.05) is 19.3 Å². The predicted molar refractivity (Wildman–Crippen MR) is 238 cm³/mol. The highest BCUT2D eigenvalue weighted by molar-refractivity contribution is 5.71. The Kier molecular flexibility index (Phi) is 42.5. The number of carbonyl (C=O) groups excluding carboxylic acids is 3. The minimum absolute atomic E-state index is 0.0881. The number of allylic oxidation sites excluding steroid dienone is 10. The highest BCUT2D eigenvalue weighted by atomic mass is 16.6. The first-order valence-electron chi connectivity index (χ1n) is 23.3. The minimum atomic E-state index is -0.785. The molecule has 1 atom stereocenters. The van der Waals surface area contributed by atoms with Gasteiger partial charge in [0.05, 0.1) is 0 Å². The molecule has 0 fully saturated rings. The summed E-state index contributed by atoms with van der Waals surface area (Å²) in [5, 5.41) is 0. The van der Waals surface area contributed by atoms with Gasteiger partial charge in [0.25, 0.3) is 0 Å². The molecule has 0 saturated heterocycles. The minimum Gasteiger partial charge on any atom is -0.462 e. The van der Waals surface area contributed by atoms with Gasteiger partial charge in [-0.1, -0.05) is 204 Å². The van der Waals surface area contributed by atoms with Crippen LogP contribution in [-0.2, 0) is 28.6 Å². The molecular formula is C50H86O6. The number of ether oxygens (including phenoxy) is 3. The molecule has 0 aromatic heterocycles. The Bertz CT molecular complexity index is 1040. The smallest absolute Gasteiger partial charge is 0.306 e. The van der Waals surface area contributed by atoms with E-state index in [-0.39, 0.29) is 31.1 Å². The second kappa shape index (κ2) is 44.8. The summed E-state index contributed by atoms with van der Waals surface area (Å²) in [6.07, 6.45) is 53.4. The van der Waals surface area contributed by atoms with Crippen molar-refractivity contribution >= 4 is 17.9 Å². The van der Waals surface area contributed by atoms with Gasteiger partial charge < -0.3 is 14.2 Å². The number of hydrogen-bond donors (Lipinski definition) is 0. The van der Waals surface area contributed by atoms with Crippen LogP contribution in [0.25, 0.3) is 0 Å². The Labute approximate surface area is 345 Å². The van der Waals surface area contributed by atoms with Crippen molar-refractivity contribution in [1.82, 2.24) is 0 Å². The SMILES string of the molecule is CC\C=C/C=C\C=C/CCCCCCCCCC(=O)OCC(COC(=O)CCCCC/C=C\C=C/CCCC)OC(=O)CCCCCCCCCCCCCC. The molecular weight excluding hydrogens is 697 g/mol. The van der Waals surface area contributed by atoms with Crippen molar-refractivity contribution in [2.45, 2.75) is 226 Å². The van der Waals surface area contributed by atoms with Crippen molar-refractivity contribution in [3.63, 3.8) is 0 Å². The third-order valence-corrected chi connectivity index (χ3v) is 9.85. The van der Waals surface area contributed by atoms with Crippen molar-refractivity contribution < 1.29 is 28.6 Å². The maximum atomic E-state index is 12.7. The highest BCUT2D eigenvalue weighted by Crippen LogP contribution is 2.14. The monoisotopic (exact) mass is 783 g/mol. The molecule has 322 valence electrons. The lowest BCUT2D eigenvalue weighted by Gasteiger charge is -2.18. The van der Waals surface area contributed by atoms with Crippen LogP contribution in [0.5, 0.6) is 0 Å². The fourth-order valence-electron chi connectivity index (χ4n) is 6.30. The Balaban J connectivity index is 4.41. The van der Waals surface area contributed by atoms with Crippen LogP contribution in [0.15, 0.2) is 60.8 Å². The van der Waals surface area contributed by atoms with Gasteiger partial charge in [-0.2, -0.15) is 0 Å². The van der Waals surface area contributed by atoms with E-state index in [0.29, 0.717) is 19.3 Å². The van der Waals surface area contributed by atoms with E-state index in [4.69, 9.17) is 14.2 Å². The lowest BCUT2D eigenvalue weighted by atomic mass is 10.0. The van der Waals surface area contributed by atoms with Crippen LogP contribution in [0.4, 0.5) is 0 Å². The molecule has 0 aliphatic heterocycles. The van der Waals surface area contributed by atoms with E-state index in [9.17, 15) is 14.4 Å². The van der Waals surface area contributed by atoms with Crippen molar-refractivity contribution in [2.75, 3.05) is 13.2 Å². The first kappa shape index (κ1) is 53.1. The fraction of sp³-hybridized carbons (Fsp3) is 0.740. The van der Waals surface area contributed by atoms with Crippen LogP contribution in [0.2, 0.25) is 0 Å². The molecule has 0 aromatic carbocycles. The Morgan fingerprint density at radius 3 is 1.16 bits per heavy atom. The molecule has 56 heavy (non-hydrogen) atoms. The average molecular weight is 783 g/mol. The molecule has 0 bridgehead atoms. The topological polar surface area (TPSA) is 78.9 Å². The van der Waals surface area contributed by atoms with Crippen molar-refractivity contribution in [3.8, 4) is 0 Å². The molecule has 0 aliphatic rings. The number of unbranched alkanes of at least 4 members (excludes halogenated alkanes) is 23. The third kappa shape index (κ3) is 42.3. The Morgan fingerprint density at radius 1 is 0.375 bits per heavy atom. The van der Waals surface area contributed by atoms with Gasteiger partial charge in [-0.05, 0) is 57.8 Å². The van der Waals surface area contributed by atoms with Gasteiger partial charge in [0.1, 0.15) is 13.2 Å². The maximum Gasteiger partial charge on any atom is 0.306 e. The van der Waals surface area contributed by atoms with Crippen molar-refractivity contribution in [1.29, 1.82) is 0 Å². The zero-order valence-electron chi connectivity index (χ0n) is 36.6. The standard InChI is InChI=1S/C50H86O6/c1-4-7-10-13-16-19-22-24-25-26-29-31-34-37-40-43-49(52)55-46-47(45-54-48(51)42-39-36-33-30-27-21-18-15-12-9-6-3)56-50(53)44-41-38-35-32-28-23-20-17-14-11-8-5-2/h7,10,13,15-16,18-19,21-22,27,47H,4-6,8-9,11-12,14,17,20,23-26,28-46H2,1-3H3/b10-7-,16-13-,18-15-,22-19-,27-21-. The number of hydrogen-bond acceptors (Lipinski definition) is 6. The molecule has 0 spiro atoms. The first-order chi connectivity index (χ1) is 27.5. The average Bonchev–Trinajstić information content (AvgIpc) is 3.19. The Morgan fingerprint density at radius 2 is 0.714 bits per heavy atom. The summed E-state index contributed by atoms with van der Waals surface area (Å²) in [6, 6.07) is 0. The largest absolute Gasteiger partial charge is 0.462 e. The molecule has 0 N–H and O–H groups in total. The number of carbonyl (C=O) groups is 3. The van der Waals surface area contributed by atoms with Crippen LogP contribution < -0.4 is 0 Å². The third-order valence-electron chi connectivity index (χ3n) is 9.85. The van der Waals surface area contributed by atoms with E-state index in [1.807, 2.05) is 0 Å². The van der Waals surface area contributed by atoms with Gasteiger partial charge in [0.2, 0.25) is 0 Å². The molecule has 0 amide bonds. The van der Waals surface area contributed by atoms with Crippen LogP contribution in [0.3, 0.4) is 0 Å². The van der Waals surface area contributed by atoms with Crippen molar-refractivity contribution in [2.24, 2.45) is 0 Å². The summed E-state index contributed by atoms with van der Waals surface area (Å²) < 4.78 is 16.7. The van der Waals surface area contributed by atoms with Gasteiger partial charge >= 0.3 is 17.9 Å². The molecule has 1 unspecified atom stereocenters. The highest BCUT2D eigenvalue weighted by Gasteiger charge is 2.19. The molecule has 0 aliphatic carbocycles. The second-order valence-electron chi connectivity index (χ2n) is 15.4. The second-order valence-corrected chi connectivity index (χ2v) is 15.4. The van der Waals surface area contributed by atoms with E-state index < -0.39 is 6.10 Å². The summed E-state index contributed by atoms with van der Waals surface area (Å²) in [4.78, 5) is 37.8. The zero-order chi connectivity index (χ0) is 40.8. The lowest BCUT2D eigenvalue weighted by Crippen LogP contribution is -2.30. The number of rotatable bonds is 41. The predicted octanol–water partition coefficient (Wildman–Crippen LogP) is 14.9. The number of esters is 3. The molecule has 0 saturated carbocycles. The summed E-state index contributed by atoms with van der Waals surface area (Å²) in [5.41, 5.74) is 0. The van der Waals surface area contributed by atoms with Gasteiger partial charge in [-0.25, -0.2) is 0 Å². The quantitative estimate of drug-likeness (QED) is 0.0266. The van der Waals surface area contributed by atoms with E-state index >= 15 is 0 Å². The van der Waals surface area contributed by atoms with Gasteiger partial charge in [-0.3, -0.25) is 14.4 Å². The fourth-order valence-corrected chi connectivity index (χ4v) is 6.30. The lowest BCUT2D eigenvalue weighted by molar-refractivity contribution is -0.167. The molecule has 6 heteroatoms. The molecule has 0 heterocycles. The first-order valence-corrected chi connectivity index (χ1v) is 23.3. The summed E-state index contributed by atoms with van der Waals surface area (Å²) in [7, 11) is 0. The zero-order valence-corrected chi connectivity index (χ0v) is 36.6. The molecule has 6 nitrogen and oxygen atoms in total. The Hall–Kier alpha value is -2.89.